The largest absolute Gasteiger partial charge is 0.420 e. The number of benzene rings is 4. The zero-order chi connectivity index (χ0) is 22.0. The van der Waals surface area contributed by atoms with Crippen LogP contribution in [0.4, 0.5) is 22.7 Å². The summed E-state index contributed by atoms with van der Waals surface area (Å²) in [6, 6.07) is 44.7. The van der Waals surface area contributed by atoms with Crippen LogP contribution in [-0.2, 0) is 0 Å². The summed E-state index contributed by atoms with van der Waals surface area (Å²) in [7, 11) is 0. The second-order valence-corrected chi connectivity index (χ2v) is 8.11. The fraction of sp³-hybridized carbons (Fsp3) is 0. The number of aromatic nitrogens is 1. The van der Waals surface area contributed by atoms with Crippen LogP contribution in [0.5, 0.6) is 0 Å². The quantitative estimate of drug-likeness (QED) is 0.311. The molecular formula is C29H22BN3. The smallest absolute Gasteiger partial charge is 0.360 e. The Balaban J connectivity index is 1.57. The number of pyridine rings is 1. The van der Waals surface area contributed by atoms with E-state index in [2.05, 4.69) is 130 Å². The first-order valence-corrected chi connectivity index (χ1v) is 11.2. The lowest BCUT2D eigenvalue weighted by molar-refractivity contribution is 1.33. The molecule has 0 unspecified atom stereocenters. The van der Waals surface area contributed by atoms with Crippen molar-refractivity contribution >= 4 is 35.2 Å². The van der Waals surface area contributed by atoms with E-state index >= 15 is 0 Å². The molecule has 0 aliphatic carbocycles. The third-order valence-corrected chi connectivity index (χ3v) is 6.10. The van der Waals surface area contributed by atoms with Gasteiger partial charge < -0.3 is 9.62 Å². The number of anilines is 4. The van der Waals surface area contributed by atoms with Crippen molar-refractivity contribution in [2.45, 2.75) is 0 Å². The van der Waals surface area contributed by atoms with Gasteiger partial charge >= 0.3 is 6.98 Å². The molecule has 0 saturated heterocycles. The van der Waals surface area contributed by atoms with Gasteiger partial charge in [0.25, 0.3) is 0 Å². The maximum absolute atomic E-state index is 4.58. The van der Waals surface area contributed by atoms with Crippen LogP contribution < -0.4 is 15.1 Å². The average Bonchev–Trinajstić information content (AvgIpc) is 3.26. The molecule has 156 valence electrons. The predicted octanol–water partition coefficient (Wildman–Crippen LogP) is 6.43. The summed E-state index contributed by atoms with van der Waals surface area (Å²) < 4.78 is 0. The highest BCUT2D eigenvalue weighted by atomic mass is 15.3. The summed E-state index contributed by atoms with van der Waals surface area (Å²) in [5.74, 6) is 0. The summed E-state index contributed by atoms with van der Waals surface area (Å²) in [5.41, 5.74) is 8.02. The molecular weight excluding hydrogens is 401 g/mol. The van der Waals surface area contributed by atoms with Crippen molar-refractivity contribution < 1.29 is 0 Å². The molecule has 33 heavy (non-hydrogen) atoms. The van der Waals surface area contributed by atoms with Crippen molar-refractivity contribution in [3.8, 4) is 11.3 Å². The van der Waals surface area contributed by atoms with Gasteiger partial charge in [0.15, 0.2) is 0 Å². The lowest BCUT2D eigenvalue weighted by atomic mass is 9.64. The number of hydrogen-bond acceptors (Lipinski definition) is 3. The van der Waals surface area contributed by atoms with Crippen molar-refractivity contribution in [3.05, 3.63) is 134 Å². The molecule has 0 N–H and O–H groups in total. The molecule has 1 aliphatic rings. The summed E-state index contributed by atoms with van der Waals surface area (Å²) in [6.07, 6.45) is 1.85. The van der Waals surface area contributed by atoms with Crippen molar-refractivity contribution in [3.63, 3.8) is 0 Å². The third-order valence-electron chi connectivity index (χ3n) is 6.10. The van der Waals surface area contributed by atoms with E-state index in [1.54, 1.807) is 0 Å². The van der Waals surface area contributed by atoms with Gasteiger partial charge in [0.1, 0.15) is 0 Å². The Labute approximate surface area is 194 Å². The fourth-order valence-electron chi connectivity index (χ4n) is 4.68. The Bertz CT molecular complexity index is 1310. The molecule has 0 fully saturated rings. The van der Waals surface area contributed by atoms with Crippen LogP contribution in [-0.4, -0.2) is 12.0 Å². The highest BCUT2D eigenvalue weighted by Crippen LogP contribution is 2.45. The molecule has 0 spiro atoms. The Morgan fingerprint density at radius 1 is 0.515 bits per heavy atom. The van der Waals surface area contributed by atoms with Gasteiger partial charge in [-0.2, -0.15) is 0 Å². The summed E-state index contributed by atoms with van der Waals surface area (Å²) in [6.45, 7) is -0.0316. The second-order valence-electron chi connectivity index (χ2n) is 8.11. The van der Waals surface area contributed by atoms with Crippen molar-refractivity contribution in [2.24, 2.45) is 0 Å². The minimum absolute atomic E-state index is 0.0316. The van der Waals surface area contributed by atoms with Crippen LogP contribution in [0.2, 0.25) is 0 Å². The number of nitrogens with zero attached hydrogens (tertiary/aromatic N) is 3. The first kappa shape index (κ1) is 19.4. The van der Waals surface area contributed by atoms with Gasteiger partial charge in [-0.05, 0) is 59.6 Å². The summed E-state index contributed by atoms with van der Waals surface area (Å²) >= 11 is 0. The van der Waals surface area contributed by atoms with Gasteiger partial charge in [0.2, 0.25) is 0 Å². The van der Waals surface area contributed by atoms with Crippen LogP contribution in [0.1, 0.15) is 0 Å². The molecule has 5 aromatic rings. The normalized spacial score (nSPS) is 12.7. The molecule has 0 amide bonds. The van der Waals surface area contributed by atoms with Crippen LogP contribution in [0.3, 0.4) is 0 Å². The Hall–Kier alpha value is -4.31. The maximum atomic E-state index is 4.58. The molecule has 1 aliphatic heterocycles. The van der Waals surface area contributed by atoms with Crippen molar-refractivity contribution in [1.29, 1.82) is 0 Å². The first-order valence-electron chi connectivity index (χ1n) is 11.2. The van der Waals surface area contributed by atoms with E-state index < -0.39 is 0 Å². The van der Waals surface area contributed by atoms with Crippen molar-refractivity contribution in [2.75, 3.05) is 9.62 Å². The zero-order valence-corrected chi connectivity index (χ0v) is 18.1. The number of para-hydroxylation sites is 4. The topological polar surface area (TPSA) is 19.4 Å². The minimum Gasteiger partial charge on any atom is -0.360 e. The van der Waals surface area contributed by atoms with Gasteiger partial charge in [-0.25, -0.2) is 0 Å². The van der Waals surface area contributed by atoms with Crippen LogP contribution in [0.15, 0.2) is 134 Å². The molecule has 6 rings (SSSR count). The highest BCUT2D eigenvalue weighted by Gasteiger charge is 2.43. The van der Waals surface area contributed by atoms with E-state index in [9.17, 15) is 0 Å². The minimum atomic E-state index is -0.0316. The highest BCUT2D eigenvalue weighted by molar-refractivity contribution is 6.84. The van der Waals surface area contributed by atoms with E-state index in [0.717, 1.165) is 22.6 Å². The van der Waals surface area contributed by atoms with E-state index in [0.29, 0.717) is 0 Å². The molecule has 0 atom stereocenters. The second kappa shape index (κ2) is 8.32. The van der Waals surface area contributed by atoms with E-state index in [1.807, 2.05) is 18.3 Å². The lowest BCUT2D eigenvalue weighted by Gasteiger charge is -2.30. The van der Waals surface area contributed by atoms with Gasteiger partial charge in [0.05, 0.1) is 17.1 Å². The fourth-order valence-corrected chi connectivity index (χ4v) is 4.68. The maximum Gasteiger partial charge on any atom is 0.420 e. The van der Waals surface area contributed by atoms with Gasteiger partial charge in [0, 0.05) is 17.6 Å². The van der Waals surface area contributed by atoms with Gasteiger partial charge in [-0.3, -0.25) is 4.98 Å². The number of fused-ring (bicyclic) bond motifs is 1. The SMILES string of the molecule is c1ccc(N2B(c3cccc(-c4ccccn4)c3)N(c3ccccc3)c3ccccc32)cc1. The van der Waals surface area contributed by atoms with Crippen LogP contribution in [0, 0.1) is 0 Å². The predicted molar refractivity (Wildman–Crippen MR) is 139 cm³/mol. The zero-order valence-electron chi connectivity index (χ0n) is 18.1. The van der Waals surface area contributed by atoms with E-state index in [-0.39, 0.29) is 6.98 Å². The Morgan fingerprint density at radius 2 is 1.09 bits per heavy atom. The molecule has 4 heteroatoms. The molecule has 2 heterocycles. The van der Waals surface area contributed by atoms with Crippen LogP contribution >= 0.6 is 0 Å². The molecule has 1 aromatic heterocycles. The summed E-state index contributed by atoms with van der Waals surface area (Å²) in [5, 5.41) is 0. The molecule has 4 aromatic carbocycles. The Morgan fingerprint density at radius 3 is 1.67 bits per heavy atom. The van der Waals surface area contributed by atoms with Gasteiger partial charge in [-0.1, -0.05) is 78.9 Å². The van der Waals surface area contributed by atoms with E-state index in [1.165, 1.54) is 16.8 Å². The molecule has 0 saturated carbocycles. The van der Waals surface area contributed by atoms with Crippen LogP contribution in [0.25, 0.3) is 11.3 Å². The number of hydrogen-bond donors (Lipinski definition) is 0. The van der Waals surface area contributed by atoms with Gasteiger partial charge in [-0.15, -0.1) is 0 Å². The molecule has 0 radical (unpaired) electrons. The molecule has 3 nitrogen and oxygen atoms in total. The third kappa shape index (κ3) is 3.46. The average molecular weight is 423 g/mol. The monoisotopic (exact) mass is 423 g/mol. The first-order chi connectivity index (χ1) is 16.4. The van der Waals surface area contributed by atoms with Crippen molar-refractivity contribution in [1.82, 2.24) is 4.98 Å². The number of rotatable bonds is 4. The Kier molecular flexibility index (Phi) is 4.89. The lowest BCUT2D eigenvalue weighted by Crippen LogP contribution is -2.53. The standard InChI is InChI=1S/C29H22BN3/c1-3-14-25(15-4-1)32-28-19-7-8-20-29(28)33(26-16-5-2-6-17-26)30(32)24-13-11-12-23(22-24)27-18-9-10-21-31-27/h1-22H. The van der Waals surface area contributed by atoms with E-state index in [4.69, 9.17) is 0 Å². The summed E-state index contributed by atoms with van der Waals surface area (Å²) in [4.78, 5) is 9.44. The molecule has 0 bridgehead atoms.